The monoisotopic (exact) mass is 264 g/mol. The highest BCUT2D eigenvalue weighted by atomic mass is 32.1. The van der Waals surface area contributed by atoms with Crippen LogP contribution in [0.2, 0.25) is 0 Å². The molecule has 0 bridgehead atoms. The van der Waals surface area contributed by atoms with Crippen molar-refractivity contribution in [3.63, 3.8) is 0 Å². The Hall–Kier alpha value is -1.40. The van der Waals surface area contributed by atoms with Gasteiger partial charge < -0.3 is 15.4 Å². The van der Waals surface area contributed by atoms with Crippen LogP contribution in [0.3, 0.4) is 0 Å². The van der Waals surface area contributed by atoms with E-state index < -0.39 is 0 Å². The third kappa shape index (κ3) is 2.26. The van der Waals surface area contributed by atoms with Gasteiger partial charge in [-0.05, 0) is 24.3 Å². The normalized spacial score (nSPS) is 19.9. The summed E-state index contributed by atoms with van der Waals surface area (Å²) in [5.41, 5.74) is 0. The van der Waals surface area contributed by atoms with Crippen molar-refractivity contribution in [1.82, 2.24) is 9.97 Å². The fourth-order valence-electron chi connectivity index (χ4n) is 2.13. The molecule has 1 aliphatic heterocycles. The molecule has 1 unspecified atom stereocenters. The Labute approximate surface area is 110 Å². The molecule has 6 heteroatoms. The lowest BCUT2D eigenvalue weighted by atomic mass is 10.1. The first-order valence-corrected chi connectivity index (χ1v) is 7.02. The molecule has 1 saturated heterocycles. The zero-order chi connectivity index (χ0) is 12.4. The summed E-state index contributed by atoms with van der Waals surface area (Å²) in [5, 5.41) is 9.61. The third-order valence-electron chi connectivity index (χ3n) is 3.05. The summed E-state index contributed by atoms with van der Waals surface area (Å²) in [5.74, 6) is 1.56. The molecule has 18 heavy (non-hydrogen) atoms. The van der Waals surface area contributed by atoms with Gasteiger partial charge in [-0.3, -0.25) is 0 Å². The van der Waals surface area contributed by atoms with Gasteiger partial charge in [-0.1, -0.05) is 0 Å². The van der Waals surface area contributed by atoms with Crippen molar-refractivity contribution in [3.05, 3.63) is 11.4 Å². The summed E-state index contributed by atoms with van der Waals surface area (Å²) in [6, 6.07) is 2.41. The Bertz CT molecular complexity index is 536. The third-order valence-corrected chi connectivity index (χ3v) is 3.86. The first-order chi connectivity index (χ1) is 8.86. The average Bonchev–Trinajstić information content (AvgIpc) is 2.88. The van der Waals surface area contributed by atoms with Crippen LogP contribution in [0.5, 0.6) is 0 Å². The van der Waals surface area contributed by atoms with Crippen molar-refractivity contribution in [2.75, 3.05) is 30.9 Å². The molecule has 0 amide bonds. The Morgan fingerprint density at radius 3 is 3.17 bits per heavy atom. The number of nitrogens with zero attached hydrogens (tertiary/aromatic N) is 2. The van der Waals surface area contributed by atoms with Gasteiger partial charge in [0.05, 0.1) is 18.0 Å². The largest absolute Gasteiger partial charge is 0.379 e. The molecule has 2 N–H and O–H groups in total. The van der Waals surface area contributed by atoms with Gasteiger partial charge in [-0.25, -0.2) is 4.98 Å². The summed E-state index contributed by atoms with van der Waals surface area (Å²) < 4.78 is 5.49. The number of thiophene rings is 1. The maximum atomic E-state index is 5.49. The second kappa shape index (κ2) is 5.07. The first kappa shape index (κ1) is 11.7. The van der Waals surface area contributed by atoms with Gasteiger partial charge in [-0.2, -0.15) is 4.98 Å². The smallest absolute Gasteiger partial charge is 0.225 e. The number of anilines is 2. The maximum Gasteiger partial charge on any atom is 0.225 e. The molecular weight excluding hydrogens is 248 g/mol. The molecule has 1 atom stereocenters. The van der Waals surface area contributed by atoms with E-state index in [0.717, 1.165) is 42.1 Å². The quantitative estimate of drug-likeness (QED) is 0.891. The lowest BCUT2D eigenvalue weighted by Crippen LogP contribution is -2.30. The molecule has 0 saturated carbocycles. The van der Waals surface area contributed by atoms with Gasteiger partial charge in [-0.15, -0.1) is 11.3 Å². The molecule has 2 aromatic rings. The van der Waals surface area contributed by atoms with Gasteiger partial charge in [0.1, 0.15) is 10.6 Å². The summed E-state index contributed by atoms with van der Waals surface area (Å²) in [6.45, 7) is 1.63. The number of fused-ring (bicyclic) bond motifs is 1. The zero-order valence-corrected chi connectivity index (χ0v) is 11.1. The molecule has 0 aliphatic carbocycles. The predicted molar refractivity (Wildman–Crippen MR) is 74.4 cm³/mol. The number of hydrogen-bond donors (Lipinski definition) is 2. The van der Waals surface area contributed by atoms with E-state index in [4.69, 9.17) is 4.74 Å². The minimum absolute atomic E-state index is 0.349. The molecule has 96 valence electrons. The topological polar surface area (TPSA) is 59.1 Å². The van der Waals surface area contributed by atoms with Gasteiger partial charge in [0.2, 0.25) is 5.95 Å². The van der Waals surface area contributed by atoms with Crippen LogP contribution in [0.15, 0.2) is 11.4 Å². The van der Waals surface area contributed by atoms with Gasteiger partial charge in [0.25, 0.3) is 0 Å². The molecular formula is C12H16N4OS. The number of rotatable bonds is 3. The standard InChI is InChI=1S/C12H16N4OS/c1-13-12-15-10(9-4-6-18-11(9)16-12)14-8-3-2-5-17-7-8/h4,6,8H,2-3,5,7H2,1H3,(H2,13,14,15,16). The van der Waals surface area contributed by atoms with E-state index in [1.54, 1.807) is 11.3 Å². The van der Waals surface area contributed by atoms with Crippen LogP contribution >= 0.6 is 11.3 Å². The summed E-state index contributed by atoms with van der Waals surface area (Å²) >= 11 is 1.63. The van der Waals surface area contributed by atoms with Crippen molar-refractivity contribution in [1.29, 1.82) is 0 Å². The van der Waals surface area contributed by atoms with Crippen LogP contribution in [0.1, 0.15) is 12.8 Å². The molecule has 1 fully saturated rings. The first-order valence-electron chi connectivity index (χ1n) is 6.14. The number of aromatic nitrogens is 2. The van der Waals surface area contributed by atoms with Gasteiger partial charge >= 0.3 is 0 Å². The van der Waals surface area contributed by atoms with Crippen LogP contribution < -0.4 is 10.6 Å². The highest BCUT2D eigenvalue weighted by molar-refractivity contribution is 7.16. The van der Waals surface area contributed by atoms with Crippen molar-refractivity contribution >= 4 is 33.3 Å². The van der Waals surface area contributed by atoms with Gasteiger partial charge in [0, 0.05) is 13.7 Å². The van der Waals surface area contributed by atoms with E-state index in [9.17, 15) is 0 Å². The molecule has 0 radical (unpaired) electrons. The lowest BCUT2D eigenvalue weighted by molar-refractivity contribution is 0.0875. The van der Waals surface area contributed by atoms with Crippen LogP contribution in [-0.4, -0.2) is 36.3 Å². The SMILES string of the molecule is CNc1nc(NC2CCCOC2)c2ccsc2n1. The number of nitrogens with one attached hydrogen (secondary N) is 2. The van der Waals surface area contributed by atoms with E-state index in [0.29, 0.717) is 12.0 Å². The molecule has 2 aromatic heterocycles. The van der Waals surface area contributed by atoms with E-state index in [1.807, 2.05) is 12.4 Å². The maximum absolute atomic E-state index is 5.49. The molecule has 3 rings (SSSR count). The minimum atomic E-state index is 0.349. The summed E-state index contributed by atoms with van der Waals surface area (Å²) in [7, 11) is 1.84. The second-order valence-corrected chi connectivity index (χ2v) is 5.24. The molecule has 1 aliphatic rings. The van der Waals surface area contributed by atoms with Crippen molar-refractivity contribution in [3.8, 4) is 0 Å². The number of hydrogen-bond acceptors (Lipinski definition) is 6. The minimum Gasteiger partial charge on any atom is -0.379 e. The summed E-state index contributed by atoms with van der Waals surface area (Å²) in [4.78, 5) is 9.94. The van der Waals surface area contributed by atoms with E-state index in [-0.39, 0.29) is 0 Å². The molecule has 3 heterocycles. The Balaban J connectivity index is 1.91. The van der Waals surface area contributed by atoms with Crippen molar-refractivity contribution in [2.24, 2.45) is 0 Å². The Morgan fingerprint density at radius 1 is 1.44 bits per heavy atom. The van der Waals surface area contributed by atoms with E-state index in [2.05, 4.69) is 26.7 Å². The van der Waals surface area contributed by atoms with Crippen LogP contribution in [-0.2, 0) is 4.74 Å². The van der Waals surface area contributed by atoms with Crippen molar-refractivity contribution in [2.45, 2.75) is 18.9 Å². The van der Waals surface area contributed by atoms with Gasteiger partial charge in [0.15, 0.2) is 0 Å². The Morgan fingerprint density at radius 2 is 2.39 bits per heavy atom. The second-order valence-electron chi connectivity index (χ2n) is 4.34. The van der Waals surface area contributed by atoms with Crippen LogP contribution in [0.4, 0.5) is 11.8 Å². The fourth-order valence-corrected chi connectivity index (χ4v) is 2.89. The molecule has 0 aromatic carbocycles. The Kier molecular flexibility index (Phi) is 3.29. The van der Waals surface area contributed by atoms with Crippen molar-refractivity contribution < 1.29 is 4.74 Å². The van der Waals surface area contributed by atoms with Crippen LogP contribution in [0, 0.1) is 0 Å². The zero-order valence-electron chi connectivity index (χ0n) is 10.3. The van der Waals surface area contributed by atoms with E-state index >= 15 is 0 Å². The molecule has 5 nitrogen and oxygen atoms in total. The average molecular weight is 264 g/mol. The van der Waals surface area contributed by atoms with Crippen LogP contribution in [0.25, 0.3) is 10.2 Å². The fraction of sp³-hybridized carbons (Fsp3) is 0.500. The predicted octanol–water partition coefficient (Wildman–Crippen LogP) is 2.32. The highest BCUT2D eigenvalue weighted by Gasteiger charge is 2.16. The lowest BCUT2D eigenvalue weighted by Gasteiger charge is -2.24. The molecule has 0 spiro atoms. The highest BCUT2D eigenvalue weighted by Crippen LogP contribution is 2.27. The summed E-state index contributed by atoms with van der Waals surface area (Å²) in [6.07, 6.45) is 2.24. The van der Waals surface area contributed by atoms with E-state index in [1.165, 1.54) is 0 Å². The number of ether oxygens (including phenoxy) is 1.